The molecule has 0 spiro atoms. The topological polar surface area (TPSA) is 29.9 Å². The summed E-state index contributed by atoms with van der Waals surface area (Å²) in [5, 5.41) is 3.95. The van der Waals surface area contributed by atoms with Gasteiger partial charge in [0.05, 0.1) is 6.33 Å². The molecule has 0 amide bonds. The molecule has 0 saturated heterocycles. The smallest absolute Gasteiger partial charge is 0.0946 e. The molecular formula is C18H33N3. The highest BCUT2D eigenvalue weighted by Gasteiger charge is 2.29. The average molecular weight is 291 g/mol. The predicted octanol–water partition coefficient (Wildman–Crippen LogP) is 4.25. The van der Waals surface area contributed by atoms with E-state index in [1.807, 2.05) is 12.5 Å². The Morgan fingerprint density at radius 3 is 2.48 bits per heavy atom. The molecule has 1 fully saturated rings. The molecule has 0 bridgehead atoms. The second kappa shape index (κ2) is 7.44. The summed E-state index contributed by atoms with van der Waals surface area (Å²) >= 11 is 0. The minimum absolute atomic E-state index is 0.268. The molecule has 1 aliphatic carbocycles. The maximum absolute atomic E-state index is 4.17. The molecule has 0 aromatic carbocycles. The second-order valence-electron chi connectivity index (χ2n) is 7.85. The molecule has 0 radical (unpaired) electrons. The van der Waals surface area contributed by atoms with E-state index in [1.54, 1.807) is 0 Å². The quantitative estimate of drug-likeness (QED) is 0.849. The Balaban J connectivity index is 1.88. The summed E-state index contributed by atoms with van der Waals surface area (Å²) in [6.45, 7) is 10.3. The predicted molar refractivity (Wildman–Crippen MR) is 89.3 cm³/mol. The summed E-state index contributed by atoms with van der Waals surface area (Å²) in [6, 6.07) is 1.20. The molecule has 1 heterocycles. The van der Waals surface area contributed by atoms with E-state index in [1.165, 1.54) is 38.5 Å². The molecule has 1 saturated carbocycles. The van der Waals surface area contributed by atoms with E-state index in [-0.39, 0.29) is 5.41 Å². The van der Waals surface area contributed by atoms with Crippen molar-refractivity contribution in [1.82, 2.24) is 14.9 Å². The van der Waals surface area contributed by atoms with Crippen LogP contribution in [-0.4, -0.2) is 21.6 Å². The van der Waals surface area contributed by atoms with Gasteiger partial charge in [0.1, 0.15) is 0 Å². The van der Waals surface area contributed by atoms with Crippen LogP contribution in [0.1, 0.15) is 66.2 Å². The molecule has 21 heavy (non-hydrogen) atoms. The molecule has 1 N–H and O–H groups in total. The first-order valence-corrected chi connectivity index (χ1v) is 8.70. The third kappa shape index (κ3) is 5.14. The highest BCUT2D eigenvalue weighted by molar-refractivity contribution is 4.88. The third-order valence-corrected chi connectivity index (χ3v) is 4.98. The first-order valence-electron chi connectivity index (χ1n) is 8.70. The standard InChI is InChI=1S/C18H33N3/c1-5-6-15-7-9-16(10-8-15)20-17(18(2,3)4)13-21-12-11-19-14-21/h11-12,14-17,20H,5-10,13H2,1-4H3. The summed E-state index contributed by atoms with van der Waals surface area (Å²) in [5.41, 5.74) is 0.268. The molecule has 1 aromatic heterocycles. The van der Waals surface area contributed by atoms with Gasteiger partial charge in [0, 0.05) is 31.0 Å². The van der Waals surface area contributed by atoms with Crippen molar-refractivity contribution < 1.29 is 0 Å². The summed E-state index contributed by atoms with van der Waals surface area (Å²) in [4.78, 5) is 4.17. The van der Waals surface area contributed by atoms with E-state index in [9.17, 15) is 0 Å². The monoisotopic (exact) mass is 291 g/mol. The molecule has 1 atom stereocenters. The van der Waals surface area contributed by atoms with Crippen molar-refractivity contribution in [2.75, 3.05) is 0 Å². The Kier molecular flexibility index (Phi) is 5.86. The van der Waals surface area contributed by atoms with E-state index in [2.05, 4.69) is 48.8 Å². The number of hydrogen-bond acceptors (Lipinski definition) is 2. The van der Waals surface area contributed by atoms with Crippen molar-refractivity contribution in [2.24, 2.45) is 11.3 Å². The van der Waals surface area contributed by atoms with Gasteiger partial charge in [-0.2, -0.15) is 0 Å². The lowest BCUT2D eigenvalue weighted by Gasteiger charge is -2.38. The number of nitrogens with zero attached hydrogens (tertiary/aromatic N) is 2. The van der Waals surface area contributed by atoms with E-state index in [0.29, 0.717) is 12.1 Å². The molecule has 3 nitrogen and oxygen atoms in total. The summed E-state index contributed by atoms with van der Waals surface area (Å²) < 4.78 is 2.20. The Morgan fingerprint density at radius 2 is 1.95 bits per heavy atom. The lowest BCUT2D eigenvalue weighted by molar-refractivity contribution is 0.187. The van der Waals surface area contributed by atoms with Gasteiger partial charge in [-0.05, 0) is 37.0 Å². The second-order valence-corrected chi connectivity index (χ2v) is 7.85. The highest BCUT2D eigenvalue weighted by Crippen LogP contribution is 2.30. The van der Waals surface area contributed by atoms with Crippen LogP contribution in [0.15, 0.2) is 18.7 Å². The van der Waals surface area contributed by atoms with Crippen molar-refractivity contribution in [3.05, 3.63) is 18.7 Å². The largest absolute Gasteiger partial charge is 0.336 e. The van der Waals surface area contributed by atoms with Gasteiger partial charge in [-0.15, -0.1) is 0 Å². The Morgan fingerprint density at radius 1 is 1.24 bits per heavy atom. The fraction of sp³-hybridized carbons (Fsp3) is 0.833. The van der Waals surface area contributed by atoms with Crippen molar-refractivity contribution in [2.45, 2.75) is 84.8 Å². The van der Waals surface area contributed by atoms with Gasteiger partial charge < -0.3 is 9.88 Å². The maximum Gasteiger partial charge on any atom is 0.0946 e. The van der Waals surface area contributed by atoms with Gasteiger partial charge >= 0.3 is 0 Å². The minimum atomic E-state index is 0.268. The van der Waals surface area contributed by atoms with Crippen LogP contribution in [0.4, 0.5) is 0 Å². The van der Waals surface area contributed by atoms with Crippen LogP contribution < -0.4 is 5.32 Å². The average Bonchev–Trinajstić information content (AvgIpc) is 2.92. The molecular weight excluding hydrogens is 258 g/mol. The zero-order valence-corrected chi connectivity index (χ0v) is 14.3. The highest BCUT2D eigenvalue weighted by atomic mass is 15.1. The number of hydrogen-bond donors (Lipinski definition) is 1. The first kappa shape index (κ1) is 16.5. The summed E-state index contributed by atoms with van der Waals surface area (Å²) in [7, 11) is 0. The maximum atomic E-state index is 4.17. The Labute approximate surface area is 130 Å². The van der Waals surface area contributed by atoms with Crippen LogP contribution >= 0.6 is 0 Å². The zero-order chi connectivity index (χ0) is 15.3. The van der Waals surface area contributed by atoms with Crippen LogP contribution in [0.25, 0.3) is 0 Å². The number of aromatic nitrogens is 2. The first-order chi connectivity index (χ1) is 9.99. The SMILES string of the molecule is CCCC1CCC(NC(Cn2ccnc2)C(C)(C)C)CC1. The van der Waals surface area contributed by atoms with E-state index in [4.69, 9.17) is 0 Å². The fourth-order valence-electron chi connectivity index (χ4n) is 3.49. The van der Waals surface area contributed by atoms with Gasteiger partial charge in [-0.1, -0.05) is 40.5 Å². The van der Waals surface area contributed by atoms with Crippen LogP contribution in [0.2, 0.25) is 0 Å². The van der Waals surface area contributed by atoms with Gasteiger partial charge in [0.25, 0.3) is 0 Å². The number of nitrogens with one attached hydrogen (secondary N) is 1. The third-order valence-electron chi connectivity index (χ3n) is 4.98. The lowest BCUT2D eigenvalue weighted by Crippen LogP contribution is -2.49. The molecule has 0 aliphatic heterocycles. The molecule has 1 aliphatic rings. The van der Waals surface area contributed by atoms with Crippen molar-refractivity contribution in [3.8, 4) is 0 Å². The van der Waals surface area contributed by atoms with Crippen LogP contribution in [0.3, 0.4) is 0 Å². The van der Waals surface area contributed by atoms with E-state index >= 15 is 0 Å². The molecule has 2 rings (SSSR count). The van der Waals surface area contributed by atoms with Crippen LogP contribution in [0.5, 0.6) is 0 Å². The molecule has 1 aromatic rings. The minimum Gasteiger partial charge on any atom is -0.336 e. The normalized spacial score (nSPS) is 25.0. The van der Waals surface area contributed by atoms with Crippen LogP contribution in [0, 0.1) is 11.3 Å². The van der Waals surface area contributed by atoms with E-state index < -0.39 is 0 Å². The fourth-order valence-corrected chi connectivity index (χ4v) is 3.49. The van der Waals surface area contributed by atoms with Gasteiger partial charge in [-0.25, -0.2) is 4.98 Å². The van der Waals surface area contributed by atoms with Crippen molar-refractivity contribution in [1.29, 1.82) is 0 Å². The van der Waals surface area contributed by atoms with Gasteiger partial charge in [0.2, 0.25) is 0 Å². The molecule has 120 valence electrons. The van der Waals surface area contributed by atoms with Crippen molar-refractivity contribution in [3.63, 3.8) is 0 Å². The van der Waals surface area contributed by atoms with Gasteiger partial charge in [-0.3, -0.25) is 0 Å². The van der Waals surface area contributed by atoms with Crippen LogP contribution in [-0.2, 0) is 6.54 Å². The van der Waals surface area contributed by atoms with Crippen molar-refractivity contribution >= 4 is 0 Å². The lowest BCUT2D eigenvalue weighted by atomic mass is 9.81. The summed E-state index contributed by atoms with van der Waals surface area (Å²) in [5.74, 6) is 0.981. The summed E-state index contributed by atoms with van der Waals surface area (Å²) in [6.07, 6.45) is 14.1. The van der Waals surface area contributed by atoms with E-state index in [0.717, 1.165) is 12.5 Å². The zero-order valence-electron chi connectivity index (χ0n) is 14.3. The Hall–Kier alpha value is -0.830. The number of imidazole rings is 1. The number of rotatable bonds is 6. The Bertz CT molecular complexity index is 383. The van der Waals surface area contributed by atoms with Gasteiger partial charge in [0.15, 0.2) is 0 Å². The molecule has 1 unspecified atom stereocenters. The molecule has 3 heteroatoms.